The molecule has 1 aliphatic rings. The van der Waals surface area contributed by atoms with Gasteiger partial charge >= 0.3 is 6.09 Å². The van der Waals surface area contributed by atoms with Crippen molar-refractivity contribution >= 4 is 17.5 Å². The highest BCUT2D eigenvalue weighted by Gasteiger charge is 2.16. The minimum absolute atomic E-state index is 0.382. The van der Waals surface area contributed by atoms with Gasteiger partial charge in [0.2, 0.25) is 0 Å². The molecule has 92 valence electrons. The molecular weight excluding hydrogens is 216 g/mol. The summed E-state index contributed by atoms with van der Waals surface area (Å²) in [5.41, 5.74) is 1.85. The van der Waals surface area contributed by atoms with E-state index in [1.165, 1.54) is 19.3 Å². The first-order valence-corrected chi connectivity index (χ1v) is 6.08. The van der Waals surface area contributed by atoms with Gasteiger partial charge in [-0.2, -0.15) is 0 Å². The number of carbonyl (C=O) groups is 1. The summed E-state index contributed by atoms with van der Waals surface area (Å²) in [6, 6.07) is 8.31. The summed E-state index contributed by atoms with van der Waals surface area (Å²) in [6.45, 7) is 2.17. The summed E-state index contributed by atoms with van der Waals surface area (Å²) in [5.74, 6) is 0. The molecule has 0 bridgehead atoms. The first kappa shape index (κ1) is 11.8. The Morgan fingerprint density at radius 1 is 1.29 bits per heavy atom. The van der Waals surface area contributed by atoms with Crippen molar-refractivity contribution in [2.75, 3.05) is 17.2 Å². The maximum atomic E-state index is 11.2. The van der Waals surface area contributed by atoms with Crippen LogP contribution in [0.4, 0.5) is 16.2 Å². The van der Waals surface area contributed by atoms with Crippen molar-refractivity contribution in [3.63, 3.8) is 0 Å². The third-order valence-corrected chi connectivity index (χ3v) is 2.88. The first-order chi connectivity index (χ1) is 8.28. The van der Waals surface area contributed by atoms with Crippen LogP contribution in [0.3, 0.4) is 0 Å². The van der Waals surface area contributed by atoms with Crippen LogP contribution in [-0.2, 0) is 4.74 Å². The largest absolute Gasteiger partial charge is 0.450 e. The molecule has 2 rings (SSSR count). The van der Waals surface area contributed by atoms with Gasteiger partial charge in [-0.25, -0.2) is 4.79 Å². The molecule has 0 atom stereocenters. The van der Waals surface area contributed by atoms with Crippen LogP contribution in [0.25, 0.3) is 0 Å². The number of amides is 1. The van der Waals surface area contributed by atoms with E-state index < -0.39 is 6.09 Å². The minimum atomic E-state index is -0.410. The third-order valence-electron chi connectivity index (χ3n) is 2.88. The lowest BCUT2D eigenvalue weighted by Gasteiger charge is -2.27. The zero-order chi connectivity index (χ0) is 12.1. The molecular formula is C13H18N2O2. The molecule has 1 fully saturated rings. The van der Waals surface area contributed by atoms with E-state index in [1.54, 1.807) is 6.92 Å². The Labute approximate surface area is 101 Å². The van der Waals surface area contributed by atoms with Gasteiger partial charge in [-0.05, 0) is 50.5 Å². The SMILES string of the molecule is CCOC(=O)Nc1ccc(NC2CCC2)cc1. The molecule has 0 unspecified atom stereocenters. The van der Waals surface area contributed by atoms with E-state index in [2.05, 4.69) is 10.6 Å². The number of nitrogens with one attached hydrogen (secondary N) is 2. The zero-order valence-corrected chi connectivity index (χ0v) is 10.0. The third kappa shape index (κ3) is 3.37. The second-order valence-corrected chi connectivity index (χ2v) is 4.19. The van der Waals surface area contributed by atoms with Crippen molar-refractivity contribution < 1.29 is 9.53 Å². The van der Waals surface area contributed by atoms with E-state index >= 15 is 0 Å². The van der Waals surface area contributed by atoms with Gasteiger partial charge in [0.15, 0.2) is 0 Å². The summed E-state index contributed by atoms with van der Waals surface area (Å²) in [7, 11) is 0. The number of carbonyl (C=O) groups excluding carboxylic acids is 1. The lowest BCUT2D eigenvalue weighted by atomic mass is 9.93. The Morgan fingerprint density at radius 2 is 1.94 bits per heavy atom. The predicted molar refractivity (Wildman–Crippen MR) is 68.3 cm³/mol. The fourth-order valence-electron chi connectivity index (χ4n) is 1.72. The number of anilines is 2. The van der Waals surface area contributed by atoms with Crippen LogP contribution in [0.5, 0.6) is 0 Å². The van der Waals surface area contributed by atoms with Gasteiger partial charge in [-0.15, -0.1) is 0 Å². The van der Waals surface area contributed by atoms with Crippen molar-refractivity contribution in [3.05, 3.63) is 24.3 Å². The van der Waals surface area contributed by atoms with Gasteiger partial charge in [-0.3, -0.25) is 5.32 Å². The molecule has 1 aromatic rings. The Balaban J connectivity index is 1.86. The first-order valence-electron chi connectivity index (χ1n) is 6.08. The minimum Gasteiger partial charge on any atom is -0.450 e. The summed E-state index contributed by atoms with van der Waals surface area (Å²) in [6.07, 6.45) is 3.42. The molecule has 0 aliphatic heterocycles. The van der Waals surface area contributed by atoms with Gasteiger partial charge in [0, 0.05) is 17.4 Å². The molecule has 0 saturated heterocycles. The standard InChI is InChI=1S/C13H18N2O2/c1-2-17-13(16)15-12-8-6-11(7-9-12)14-10-4-3-5-10/h6-10,14H,2-5H2,1H3,(H,15,16). The molecule has 0 radical (unpaired) electrons. The lowest BCUT2D eigenvalue weighted by molar-refractivity contribution is 0.168. The summed E-state index contributed by atoms with van der Waals surface area (Å²) >= 11 is 0. The molecule has 1 aliphatic carbocycles. The second kappa shape index (κ2) is 5.57. The van der Waals surface area contributed by atoms with Crippen molar-refractivity contribution in [1.82, 2.24) is 0 Å². The van der Waals surface area contributed by atoms with Gasteiger partial charge in [-0.1, -0.05) is 0 Å². The Kier molecular flexibility index (Phi) is 3.85. The van der Waals surface area contributed by atoms with Crippen LogP contribution < -0.4 is 10.6 Å². The maximum absolute atomic E-state index is 11.2. The average molecular weight is 234 g/mol. The summed E-state index contributed by atoms with van der Waals surface area (Å²) in [4.78, 5) is 11.2. The summed E-state index contributed by atoms with van der Waals surface area (Å²) < 4.78 is 4.80. The summed E-state index contributed by atoms with van der Waals surface area (Å²) in [5, 5.41) is 6.10. The van der Waals surface area contributed by atoms with E-state index in [0.717, 1.165) is 11.4 Å². The highest BCUT2D eigenvalue weighted by Crippen LogP contribution is 2.23. The van der Waals surface area contributed by atoms with Crippen LogP contribution in [-0.4, -0.2) is 18.7 Å². The van der Waals surface area contributed by atoms with Crippen molar-refractivity contribution in [2.24, 2.45) is 0 Å². The molecule has 17 heavy (non-hydrogen) atoms. The Morgan fingerprint density at radius 3 is 2.47 bits per heavy atom. The van der Waals surface area contributed by atoms with E-state index in [1.807, 2.05) is 24.3 Å². The number of rotatable bonds is 4. The topological polar surface area (TPSA) is 50.4 Å². The van der Waals surface area contributed by atoms with Crippen LogP contribution in [0.1, 0.15) is 26.2 Å². The van der Waals surface area contributed by atoms with Gasteiger partial charge in [0.05, 0.1) is 6.61 Å². The molecule has 2 N–H and O–H groups in total. The highest BCUT2D eigenvalue weighted by molar-refractivity contribution is 5.84. The van der Waals surface area contributed by atoms with Crippen LogP contribution in [0.2, 0.25) is 0 Å². The zero-order valence-electron chi connectivity index (χ0n) is 10.0. The van der Waals surface area contributed by atoms with Crippen LogP contribution >= 0.6 is 0 Å². The monoisotopic (exact) mass is 234 g/mol. The fraction of sp³-hybridized carbons (Fsp3) is 0.462. The second-order valence-electron chi connectivity index (χ2n) is 4.19. The van der Waals surface area contributed by atoms with Crippen LogP contribution in [0.15, 0.2) is 24.3 Å². The normalized spacial score (nSPS) is 14.9. The Hall–Kier alpha value is -1.71. The fourth-order valence-corrected chi connectivity index (χ4v) is 1.72. The van der Waals surface area contributed by atoms with E-state index in [-0.39, 0.29) is 0 Å². The van der Waals surface area contributed by atoms with Crippen molar-refractivity contribution in [1.29, 1.82) is 0 Å². The maximum Gasteiger partial charge on any atom is 0.411 e. The molecule has 4 heteroatoms. The van der Waals surface area contributed by atoms with Gasteiger partial charge in [0.25, 0.3) is 0 Å². The molecule has 1 aromatic carbocycles. The number of benzene rings is 1. The van der Waals surface area contributed by atoms with E-state index in [0.29, 0.717) is 12.6 Å². The number of hydrogen-bond acceptors (Lipinski definition) is 3. The number of ether oxygens (including phenoxy) is 1. The molecule has 0 spiro atoms. The molecule has 0 heterocycles. The van der Waals surface area contributed by atoms with E-state index in [9.17, 15) is 4.79 Å². The van der Waals surface area contributed by atoms with Gasteiger partial charge < -0.3 is 10.1 Å². The molecule has 1 amide bonds. The molecule has 4 nitrogen and oxygen atoms in total. The van der Waals surface area contributed by atoms with Crippen molar-refractivity contribution in [2.45, 2.75) is 32.2 Å². The predicted octanol–water partition coefficient (Wildman–Crippen LogP) is 3.22. The van der Waals surface area contributed by atoms with Gasteiger partial charge in [0.1, 0.15) is 0 Å². The highest BCUT2D eigenvalue weighted by atomic mass is 16.5. The van der Waals surface area contributed by atoms with E-state index in [4.69, 9.17) is 4.74 Å². The Bertz CT molecular complexity index is 372. The quantitative estimate of drug-likeness (QED) is 0.841. The lowest BCUT2D eigenvalue weighted by Crippen LogP contribution is -2.26. The molecule has 1 saturated carbocycles. The van der Waals surface area contributed by atoms with Crippen LogP contribution in [0, 0.1) is 0 Å². The average Bonchev–Trinajstić information content (AvgIpc) is 2.26. The number of hydrogen-bond donors (Lipinski definition) is 2. The smallest absolute Gasteiger partial charge is 0.411 e. The molecule has 0 aromatic heterocycles. The van der Waals surface area contributed by atoms with Crippen molar-refractivity contribution in [3.8, 4) is 0 Å².